The van der Waals surface area contributed by atoms with Crippen molar-refractivity contribution in [2.24, 2.45) is 0 Å². The standard InChI is InChI=1S/C19H24N4O2/c1-15(2)14-25-18-6-4-3-5-16(18)13-22-7-9-23(10-8-22)17-11-19(24)21-20-12-17/h3-6,11-12H,1,7-10,13-14H2,2H3,(H,21,24). The Morgan fingerprint density at radius 2 is 2.04 bits per heavy atom. The highest BCUT2D eigenvalue weighted by molar-refractivity contribution is 5.43. The number of piperazine rings is 1. The second-order valence-electron chi connectivity index (χ2n) is 6.42. The number of anilines is 1. The maximum Gasteiger partial charge on any atom is 0.266 e. The lowest BCUT2D eigenvalue weighted by atomic mass is 10.1. The van der Waals surface area contributed by atoms with Gasteiger partial charge in [-0.05, 0) is 18.6 Å². The molecule has 132 valence electrons. The number of benzene rings is 1. The highest BCUT2D eigenvalue weighted by Crippen LogP contribution is 2.22. The van der Waals surface area contributed by atoms with E-state index < -0.39 is 0 Å². The van der Waals surface area contributed by atoms with Gasteiger partial charge in [-0.25, -0.2) is 5.10 Å². The minimum absolute atomic E-state index is 0.163. The largest absolute Gasteiger partial charge is 0.489 e. The molecule has 1 aromatic heterocycles. The number of aromatic amines is 1. The molecule has 1 saturated heterocycles. The van der Waals surface area contributed by atoms with E-state index in [1.807, 2.05) is 25.1 Å². The Morgan fingerprint density at radius 1 is 1.28 bits per heavy atom. The molecule has 25 heavy (non-hydrogen) atoms. The minimum atomic E-state index is -0.163. The van der Waals surface area contributed by atoms with Gasteiger partial charge < -0.3 is 9.64 Å². The van der Waals surface area contributed by atoms with Crippen LogP contribution in [0.15, 0.2) is 53.5 Å². The predicted octanol–water partition coefficient (Wildman–Crippen LogP) is 2.05. The van der Waals surface area contributed by atoms with Gasteiger partial charge in [-0.15, -0.1) is 0 Å². The molecule has 0 saturated carbocycles. The molecule has 1 N–H and O–H groups in total. The molecule has 0 radical (unpaired) electrons. The molecule has 0 spiro atoms. The summed E-state index contributed by atoms with van der Waals surface area (Å²) in [7, 11) is 0. The van der Waals surface area contributed by atoms with Gasteiger partial charge in [0.15, 0.2) is 0 Å². The molecule has 0 unspecified atom stereocenters. The van der Waals surface area contributed by atoms with Crippen molar-refractivity contribution >= 4 is 5.69 Å². The first-order chi connectivity index (χ1) is 12.1. The van der Waals surface area contributed by atoms with Crippen LogP contribution in [-0.4, -0.2) is 47.9 Å². The zero-order valence-corrected chi connectivity index (χ0v) is 14.6. The van der Waals surface area contributed by atoms with Gasteiger partial charge in [0, 0.05) is 44.4 Å². The average Bonchev–Trinajstić information content (AvgIpc) is 2.61. The van der Waals surface area contributed by atoms with E-state index in [0.717, 1.165) is 49.7 Å². The van der Waals surface area contributed by atoms with Crippen LogP contribution in [0, 0.1) is 0 Å². The van der Waals surface area contributed by atoms with Crippen molar-refractivity contribution < 1.29 is 4.74 Å². The quantitative estimate of drug-likeness (QED) is 0.816. The summed E-state index contributed by atoms with van der Waals surface area (Å²) >= 11 is 0. The van der Waals surface area contributed by atoms with Crippen LogP contribution in [0.3, 0.4) is 0 Å². The Bertz CT molecular complexity index is 779. The normalized spacial score (nSPS) is 15.2. The van der Waals surface area contributed by atoms with Crippen LogP contribution in [0.1, 0.15) is 12.5 Å². The van der Waals surface area contributed by atoms with E-state index in [4.69, 9.17) is 4.74 Å². The summed E-state index contributed by atoms with van der Waals surface area (Å²) in [5.41, 5.74) is 2.92. The number of para-hydroxylation sites is 1. The summed E-state index contributed by atoms with van der Waals surface area (Å²) in [5, 5.41) is 6.29. The fourth-order valence-corrected chi connectivity index (χ4v) is 2.92. The number of ether oxygens (including phenoxy) is 1. The fourth-order valence-electron chi connectivity index (χ4n) is 2.92. The van der Waals surface area contributed by atoms with Gasteiger partial charge in [0.1, 0.15) is 12.4 Å². The summed E-state index contributed by atoms with van der Waals surface area (Å²) in [6.45, 7) is 10.9. The summed E-state index contributed by atoms with van der Waals surface area (Å²) in [4.78, 5) is 16.0. The van der Waals surface area contributed by atoms with Crippen molar-refractivity contribution in [2.45, 2.75) is 13.5 Å². The van der Waals surface area contributed by atoms with Gasteiger partial charge >= 0.3 is 0 Å². The first-order valence-corrected chi connectivity index (χ1v) is 8.49. The molecule has 6 heteroatoms. The predicted molar refractivity (Wildman–Crippen MR) is 99.1 cm³/mol. The molecule has 6 nitrogen and oxygen atoms in total. The number of rotatable bonds is 6. The lowest BCUT2D eigenvalue weighted by Gasteiger charge is -2.36. The summed E-state index contributed by atoms with van der Waals surface area (Å²) in [5.74, 6) is 0.923. The molecule has 2 heterocycles. The van der Waals surface area contributed by atoms with Crippen molar-refractivity contribution in [3.63, 3.8) is 0 Å². The number of nitrogens with one attached hydrogen (secondary N) is 1. The maximum atomic E-state index is 11.4. The van der Waals surface area contributed by atoms with E-state index in [-0.39, 0.29) is 5.56 Å². The van der Waals surface area contributed by atoms with Gasteiger partial charge in [-0.2, -0.15) is 5.10 Å². The molecule has 2 aromatic rings. The minimum Gasteiger partial charge on any atom is -0.489 e. The SMILES string of the molecule is C=C(C)COc1ccccc1CN1CCN(c2cn[nH]c(=O)c2)CC1. The third-order valence-corrected chi connectivity index (χ3v) is 4.23. The lowest BCUT2D eigenvalue weighted by molar-refractivity contribution is 0.244. The molecule has 3 rings (SSSR count). The van der Waals surface area contributed by atoms with E-state index in [0.29, 0.717) is 6.61 Å². The Morgan fingerprint density at radius 3 is 2.76 bits per heavy atom. The van der Waals surface area contributed by atoms with Gasteiger partial charge in [-0.1, -0.05) is 24.8 Å². The Balaban J connectivity index is 1.59. The maximum absolute atomic E-state index is 11.4. The van der Waals surface area contributed by atoms with Crippen LogP contribution in [0.2, 0.25) is 0 Å². The topological polar surface area (TPSA) is 61.5 Å². The third-order valence-electron chi connectivity index (χ3n) is 4.23. The molecule has 0 aliphatic carbocycles. The van der Waals surface area contributed by atoms with Crippen molar-refractivity contribution in [3.8, 4) is 5.75 Å². The summed E-state index contributed by atoms with van der Waals surface area (Å²) < 4.78 is 5.86. The van der Waals surface area contributed by atoms with E-state index in [2.05, 4.69) is 32.6 Å². The molecular weight excluding hydrogens is 316 g/mol. The van der Waals surface area contributed by atoms with Crippen LogP contribution in [0.25, 0.3) is 0 Å². The number of nitrogens with zero attached hydrogens (tertiary/aromatic N) is 3. The van der Waals surface area contributed by atoms with Gasteiger partial charge in [0.05, 0.1) is 11.9 Å². The van der Waals surface area contributed by atoms with Crippen LogP contribution in [0.5, 0.6) is 5.75 Å². The van der Waals surface area contributed by atoms with E-state index >= 15 is 0 Å². The number of hydrogen-bond donors (Lipinski definition) is 1. The molecule has 1 aliphatic heterocycles. The van der Waals surface area contributed by atoms with Crippen LogP contribution in [-0.2, 0) is 6.54 Å². The van der Waals surface area contributed by atoms with Crippen molar-refractivity contribution in [2.75, 3.05) is 37.7 Å². The number of aromatic nitrogens is 2. The Kier molecular flexibility index (Phi) is 5.50. The molecule has 1 fully saturated rings. The Hall–Kier alpha value is -2.60. The van der Waals surface area contributed by atoms with Gasteiger partial charge in [-0.3, -0.25) is 9.69 Å². The van der Waals surface area contributed by atoms with Crippen LogP contribution >= 0.6 is 0 Å². The van der Waals surface area contributed by atoms with Crippen LogP contribution < -0.4 is 15.2 Å². The van der Waals surface area contributed by atoms with E-state index in [1.165, 1.54) is 5.56 Å². The van der Waals surface area contributed by atoms with Crippen molar-refractivity contribution in [3.05, 3.63) is 64.6 Å². The molecular formula is C19H24N4O2. The average molecular weight is 340 g/mol. The van der Waals surface area contributed by atoms with E-state index in [9.17, 15) is 4.79 Å². The van der Waals surface area contributed by atoms with Crippen molar-refractivity contribution in [1.29, 1.82) is 0 Å². The first kappa shape index (κ1) is 17.2. The molecule has 0 amide bonds. The summed E-state index contributed by atoms with van der Waals surface area (Å²) in [6.07, 6.45) is 1.71. The first-order valence-electron chi connectivity index (χ1n) is 8.49. The zero-order valence-electron chi connectivity index (χ0n) is 14.6. The molecule has 1 aromatic carbocycles. The summed E-state index contributed by atoms with van der Waals surface area (Å²) in [6, 6.07) is 9.76. The molecule has 1 aliphatic rings. The fraction of sp³-hybridized carbons (Fsp3) is 0.368. The monoisotopic (exact) mass is 340 g/mol. The van der Waals surface area contributed by atoms with E-state index in [1.54, 1.807) is 12.3 Å². The second kappa shape index (κ2) is 7.98. The lowest BCUT2D eigenvalue weighted by Crippen LogP contribution is -2.46. The van der Waals surface area contributed by atoms with Gasteiger partial charge in [0.25, 0.3) is 5.56 Å². The smallest absolute Gasteiger partial charge is 0.266 e. The second-order valence-corrected chi connectivity index (χ2v) is 6.42. The van der Waals surface area contributed by atoms with Crippen molar-refractivity contribution in [1.82, 2.24) is 15.1 Å². The third kappa shape index (κ3) is 4.70. The Labute approximate surface area is 147 Å². The van der Waals surface area contributed by atoms with Crippen LogP contribution in [0.4, 0.5) is 5.69 Å². The number of H-pyrrole nitrogens is 1. The zero-order chi connectivity index (χ0) is 17.6. The molecule has 0 bridgehead atoms. The number of hydrogen-bond acceptors (Lipinski definition) is 5. The highest BCUT2D eigenvalue weighted by atomic mass is 16.5. The highest BCUT2D eigenvalue weighted by Gasteiger charge is 2.19. The molecule has 0 atom stereocenters. The van der Waals surface area contributed by atoms with Gasteiger partial charge in [0.2, 0.25) is 0 Å².